The molecule has 0 atom stereocenters. The summed E-state index contributed by atoms with van der Waals surface area (Å²) in [6.07, 6.45) is 0. The fraction of sp³-hybridized carbons (Fsp3) is 0.133. The maximum absolute atomic E-state index is 13.0. The van der Waals surface area contributed by atoms with Gasteiger partial charge in [-0.05, 0) is 48.4 Å². The van der Waals surface area contributed by atoms with E-state index in [9.17, 15) is 9.18 Å². The van der Waals surface area contributed by atoms with Crippen molar-refractivity contribution in [2.75, 3.05) is 5.32 Å². The molecule has 2 rings (SSSR count). The lowest BCUT2D eigenvalue weighted by atomic mass is 10.1. The van der Waals surface area contributed by atoms with Gasteiger partial charge in [0.15, 0.2) is 0 Å². The van der Waals surface area contributed by atoms with Crippen LogP contribution in [0.5, 0.6) is 0 Å². The minimum absolute atomic E-state index is 0.232. The first-order valence-electron chi connectivity index (χ1n) is 5.82. The lowest BCUT2D eigenvalue weighted by Crippen LogP contribution is -2.13. The molecule has 0 spiro atoms. The molecule has 0 unspecified atom stereocenters. The van der Waals surface area contributed by atoms with E-state index in [1.54, 1.807) is 6.92 Å². The number of benzene rings is 2. The van der Waals surface area contributed by atoms with E-state index in [-0.39, 0.29) is 11.7 Å². The molecular weight excluding hydrogens is 309 g/mol. The van der Waals surface area contributed by atoms with Crippen LogP contribution < -0.4 is 5.32 Å². The Kier molecular flexibility index (Phi) is 4.32. The van der Waals surface area contributed by atoms with Crippen molar-refractivity contribution in [1.82, 2.24) is 0 Å². The number of alkyl halides is 1. The van der Waals surface area contributed by atoms with Crippen molar-refractivity contribution < 1.29 is 9.18 Å². The van der Waals surface area contributed by atoms with Crippen molar-refractivity contribution in [3.63, 3.8) is 0 Å². The van der Waals surface area contributed by atoms with E-state index in [4.69, 9.17) is 0 Å². The van der Waals surface area contributed by atoms with Gasteiger partial charge in [0, 0.05) is 16.6 Å². The van der Waals surface area contributed by atoms with Crippen LogP contribution in [-0.2, 0) is 5.33 Å². The van der Waals surface area contributed by atoms with Crippen molar-refractivity contribution in [2.45, 2.75) is 12.3 Å². The lowest BCUT2D eigenvalue weighted by Gasteiger charge is -2.08. The molecule has 4 heteroatoms. The second-order valence-corrected chi connectivity index (χ2v) is 4.81. The zero-order valence-corrected chi connectivity index (χ0v) is 12.0. The summed E-state index contributed by atoms with van der Waals surface area (Å²) in [7, 11) is 0. The summed E-state index contributed by atoms with van der Waals surface area (Å²) < 4.78 is 13.0. The fourth-order valence-electron chi connectivity index (χ4n) is 1.81. The zero-order valence-electron chi connectivity index (χ0n) is 10.4. The zero-order chi connectivity index (χ0) is 13.8. The molecule has 19 heavy (non-hydrogen) atoms. The minimum atomic E-state index is -0.338. The van der Waals surface area contributed by atoms with Gasteiger partial charge in [-0.1, -0.05) is 28.1 Å². The molecule has 0 radical (unpaired) electrons. The molecule has 0 aromatic heterocycles. The average molecular weight is 322 g/mol. The Hall–Kier alpha value is -1.68. The first-order valence-corrected chi connectivity index (χ1v) is 6.94. The van der Waals surface area contributed by atoms with E-state index in [1.165, 1.54) is 18.2 Å². The molecular formula is C15H13BrFNO. The van der Waals surface area contributed by atoms with Gasteiger partial charge in [0.1, 0.15) is 5.82 Å². The van der Waals surface area contributed by atoms with Crippen LogP contribution in [0.25, 0.3) is 0 Å². The van der Waals surface area contributed by atoms with Gasteiger partial charge < -0.3 is 5.32 Å². The van der Waals surface area contributed by atoms with Gasteiger partial charge in [0.25, 0.3) is 5.91 Å². The van der Waals surface area contributed by atoms with Crippen molar-refractivity contribution in [2.24, 2.45) is 0 Å². The number of nitrogens with one attached hydrogen (secondary N) is 1. The third-order valence-electron chi connectivity index (χ3n) is 2.77. The number of hydrogen-bond acceptors (Lipinski definition) is 1. The van der Waals surface area contributed by atoms with Crippen LogP contribution in [0, 0.1) is 12.7 Å². The number of halogens is 2. The van der Waals surface area contributed by atoms with E-state index in [0.717, 1.165) is 16.6 Å². The van der Waals surface area contributed by atoms with Crippen molar-refractivity contribution in [1.29, 1.82) is 0 Å². The molecule has 0 aliphatic heterocycles. The van der Waals surface area contributed by atoms with Gasteiger partial charge >= 0.3 is 0 Å². The quantitative estimate of drug-likeness (QED) is 0.840. The van der Waals surface area contributed by atoms with Crippen LogP contribution in [0.3, 0.4) is 0 Å². The molecule has 0 aliphatic carbocycles. The average Bonchev–Trinajstić information content (AvgIpc) is 2.38. The van der Waals surface area contributed by atoms with Crippen LogP contribution in [0.1, 0.15) is 21.5 Å². The van der Waals surface area contributed by atoms with Gasteiger partial charge in [-0.15, -0.1) is 0 Å². The molecule has 2 nitrogen and oxygen atoms in total. The highest BCUT2D eigenvalue weighted by Crippen LogP contribution is 2.16. The van der Waals surface area contributed by atoms with Crippen molar-refractivity contribution >= 4 is 27.5 Å². The number of hydrogen-bond donors (Lipinski definition) is 1. The van der Waals surface area contributed by atoms with E-state index >= 15 is 0 Å². The molecule has 0 saturated carbocycles. The van der Waals surface area contributed by atoms with E-state index in [2.05, 4.69) is 21.2 Å². The Balaban J connectivity index is 2.20. The van der Waals surface area contributed by atoms with E-state index in [1.807, 2.05) is 24.3 Å². The van der Waals surface area contributed by atoms with Crippen molar-refractivity contribution in [3.05, 3.63) is 65.0 Å². The number of aryl methyl sites for hydroxylation is 1. The maximum atomic E-state index is 13.0. The Morgan fingerprint density at radius 2 is 2.05 bits per heavy atom. The van der Waals surface area contributed by atoms with Gasteiger partial charge in [-0.2, -0.15) is 0 Å². The minimum Gasteiger partial charge on any atom is -0.322 e. The SMILES string of the molecule is Cc1cc(F)ccc1C(=O)Nc1cccc(CBr)c1. The third-order valence-corrected chi connectivity index (χ3v) is 3.42. The molecule has 2 aromatic rings. The summed E-state index contributed by atoms with van der Waals surface area (Å²) in [5, 5.41) is 3.54. The molecule has 0 fully saturated rings. The molecule has 98 valence electrons. The summed E-state index contributed by atoms with van der Waals surface area (Å²) in [5.41, 5.74) is 2.90. The largest absolute Gasteiger partial charge is 0.322 e. The second-order valence-electron chi connectivity index (χ2n) is 4.25. The molecule has 1 amide bonds. The van der Waals surface area contributed by atoms with Crippen LogP contribution in [0.4, 0.5) is 10.1 Å². The summed E-state index contributed by atoms with van der Waals surface area (Å²) in [6.45, 7) is 1.72. The molecule has 0 aliphatic rings. The van der Waals surface area contributed by atoms with Gasteiger partial charge in [-0.25, -0.2) is 4.39 Å². The molecule has 2 aromatic carbocycles. The highest BCUT2D eigenvalue weighted by Gasteiger charge is 2.10. The maximum Gasteiger partial charge on any atom is 0.255 e. The van der Waals surface area contributed by atoms with Crippen LogP contribution in [0.2, 0.25) is 0 Å². The normalized spacial score (nSPS) is 10.3. The van der Waals surface area contributed by atoms with Crippen LogP contribution in [0.15, 0.2) is 42.5 Å². The first kappa shape index (κ1) is 13.7. The summed E-state index contributed by atoms with van der Waals surface area (Å²) in [5.74, 6) is -0.570. The van der Waals surface area contributed by atoms with E-state index in [0.29, 0.717) is 11.1 Å². The Labute approximate surface area is 119 Å². The predicted molar refractivity (Wildman–Crippen MR) is 78.2 cm³/mol. The van der Waals surface area contributed by atoms with Crippen LogP contribution in [-0.4, -0.2) is 5.91 Å². The Morgan fingerprint density at radius 3 is 2.74 bits per heavy atom. The smallest absolute Gasteiger partial charge is 0.255 e. The van der Waals surface area contributed by atoms with Gasteiger partial charge in [0.05, 0.1) is 0 Å². The summed E-state index contributed by atoms with van der Waals surface area (Å²) in [6, 6.07) is 11.7. The topological polar surface area (TPSA) is 29.1 Å². The van der Waals surface area contributed by atoms with Gasteiger partial charge in [-0.3, -0.25) is 4.79 Å². The Bertz CT molecular complexity index is 613. The first-order chi connectivity index (χ1) is 9.10. The van der Waals surface area contributed by atoms with E-state index < -0.39 is 0 Å². The second kappa shape index (κ2) is 5.97. The predicted octanol–water partition coefficient (Wildman–Crippen LogP) is 4.28. The molecule has 0 saturated heterocycles. The molecule has 0 bridgehead atoms. The summed E-state index contributed by atoms with van der Waals surface area (Å²) in [4.78, 5) is 12.1. The fourth-order valence-corrected chi connectivity index (χ4v) is 2.16. The third kappa shape index (κ3) is 3.41. The number of rotatable bonds is 3. The standard InChI is InChI=1S/C15H13BrFNO/c1-10-7-12(17)5-6-14(10)15(19)18-13-4-2-3-11(8-13)9-16/h2-8H,9H2,1H3,(H,18,19). The lowest BCUT2D eigenvalue weighted by molar-refractivity contribution is 0.102. The number of carbonyl (C=O) groups is 1. The monoisotopic (exact) mass is 321 g/mol. The highest BCUT2D eigenvalue weighted by molar-refractivity contribution is 9.08. The molecule has 1 N–H and O–H groups in total. The number of anilines is 1. The number of carbonyl (C=O) groups excluding carboxylic acids is 1. The van der Waals surface area contributed by atoms with Crippen molar-refractivity contribution in [3.8, 4) is 0 Å². The summed E-state index contributed by atoms with van der Waals surface area (Å²) >= 11 is 3.37. The Morgan fingerprint density at radius 1 is 1.26 bits per heavy atom. The van der Waals surface area contributed by atoms with Gasteiger partial charge in [0.2, 0.25) is 0 Å². The van der Waals surface area contributed by atoms with Crippen LogP contribution >= 0.6 is 15.9 Å². The highest BCUT2D eigenvalue weighted by atomic mass is 79.9. The molecule has 0 heterocycles. The number of amides is 1.